The Balaban J connectivity index is 0.00000200. The van der Waals surface area contributed by atoms with E-state index in [2.05, 4.69) is 5.32 Å². The number of hydrogen-bond donors (Lipinski definition) is 1. The van der Waals surface area contributed by atoms with E-state index in [-0.39, 0.29) is 37.2 Å². The monoisotopic (exact) mass is 314 g/mol. The summed E-state index contributed by atoms with van der Waals surface area (Å²) in [5, 5.41) is 3.23. The summed E-state index contributed by atoms with van der Waals surface area (Å²) < 4.78 is 38.2. The lowest BCUT2D eigenvalue weighted by Crippen LogP contribution is -2.53. The summed E-state index contributed by atoms with van der Waals surface area (Å²) in [4.78, 5) is 14.0. The molecule has 1 aliphatic heterocycles. The summed E-state index contributed by atoms with van der Waals surface area (Å²) in [5.74, 6) is -1.82. The first-order chi connectivity index (χ1) is 8.88. The molecule has 3 nitrogen and oxygen atoms in total. The Hall–Kier alpha value is -0.490. The van der Waals surface area contributed by atoms with Gasteiger partial charge in [-0.25, -0.2) is 0 Å². The molecule has 7 heteroatoms. The van der Waals surface area contributed by atoms with Gasteiger partial charge in [-0.1, -0.05) is 6.42 Å². The SMILES string of the molecule is C[C@H]1CN(C(=O)C2CCCC(C(F)(F)F)C2)CCN1.Cl. The average Bonchev–Trinajstić information content (AvgIpc) is 2.37. The Bertz CT molecular complexity index is 338. The molecule has 1 saturated heterocycles. The maximum absolute atomic E-state index is 12.7. The first-order valence-electron chi connectivity index (χ1n) is 6.97. The third-order valence-electron chi connectivity index (χ3n) is 4.17. The highest BCUT2D eigenvalue weighted by Crippen LogP contribution is 2.40. The number of nitrogens with one attached hydrogen (secondary N) is 1. The third kappa shape index (κ3) is 4.25. The van der Waals surface area contributed by atoms with E-state index in [1.54, 1.807) is 4.90 Å². The van der Waals surface area contributed by atoms with E-state index < -0.39 is 18.0 Å². The van der Waals surface area contributed by atoms with Crippen molar-refractivity contribution in [3.63, 3.8) is 0 Å². The maximum atomic E-state index is 12.7. The molecule has 1 heterocycles. The molecule has 118 valence electrons. The second-order valence-electron chi connectivity index (χ2n) is 5.74. The van der Waals surface area contributed by atoms with E-state index in [1.165, 1.54) is 0 Å². The van der Waals surface area contributed by atoms with Crippen LogP contribution in [0.15, 0.2) is 0 Å². The molecule has 2 unspecified atom stereocenters. The lowest BCUT2D eigenvalue weighted by molar-refractivity contribution is -0.187. The van der Waals surface area contributed by atoms with Crippen LogP contribution in [0, 0.1) is 11.8 Å². The fourth-order valence-corrected chi connectivity index (χ4v) is 3.10. The largest absolute Gasteiger partial charge is 0.391 e. The quantitative estimate of drug-likeness (QED) is 0.807. The van der Waals surface area contributed by atoms with Crippen molar-refractivity contribution < 1.29 is 18.0 Å². The van der Waals surface area contributed by atoms with E-state index in [0.29, 0.717) is 25.9 Å². The summed E-state index contributed by atoms with van der Waals surface area (Å²) in [6.07, 6.45) is -2.91. The summed E-state index contributed by atoms with van der Waals surface area (Å²) in [6, 6.07) is 0.222. The Morgan fingerprint density at radius 2 is 2.00 bits per heavy atom. The zero-order chi connectivity index (χ0) is 14.0. The van der Waals surface area contributed by atoms with Gasteiger partial charge in [0.05, 0.1) is 5.92 Å². The van der Waals surface area contributed by atoms with Crippen molar-refractivity contribution in [2.75, 3.05) is 19.6 Å². The summed E-state index contributed by atoms with van der Waals surface area (Å²) in [5.41, 5.74) is 0. The molecular formula is C13H22ClF3N2O. The van der Waals surface area contributed by atoms with Gasteiger partial charge >= 0.3 is 6.18 Å². The summed E-state index contributed by atoms with van der Waals surface area (Å²) in [7, 11) is 0. The van der Waals surface area contributed by atoms with Crippen molar-refractivity contribution in [2.45, 2.75) is 44.8 Å². The van der Waals surface area contributed by atoms with Crippen LogP contribution in [-0.2, 0) is 4.79 Å². The van der Waals surface area contributed by atoms with Crippen molar-refractivity contribution in [3.8, 4) is 0 Å². The van der Waals surface area contributed by atoms with Gasteiger partial charge in [-0.2, -0.15) is 13.2 Å². The highest BCUT2D eigenvalue weighted by molar-refractivity contribution is 5.85. The Labute approximate surface area is 123 Å². The van der Waals surface area contributed by atoms with Gasteiger partial charge in [0, 0.05) is 31.6 Å². The number of nitrogens with zero attached hydrogens (tertiary/aromatic N) is 1. The molecule has 2 aliphatic rings. The summed E-state index contributed by atoms with van der Waals surface area (Å²) >= 11 is 0. The van der Waals surface area contributed by atoms with Gasteiger partial charge in [-0.3, -0.25) is 4.79 Å². The Morgan fingerprint density at radius 1 is 1.30 bits per heavy atom. The average molecular weight is 315 g/mol. The zero-order valence-electron chi connectivity index (χ0n) is 11.6. The zero-order valence-corrected chi connectivity index (χ0v) is 12.4. The minimum atomic E-state index is -4.16. The number of alkyl halides is 3. The van der Waals surface area contributed by atoms with E-state index >= 15 is 0 Å². The van der Waals surface area contributed by atoms with E-state index in [4.69, 9.17) is 0 Å². The second kappa shape index (κ2) is 6.98. The number of carbonyl (C=O) groups excluding carboxylic acids is 1. The van der Waals surface area contributed by atoms with Gasteiger partial charge < -0.3 is 10.2 Å². The van der Waals surface area contributed by atoms with Crippen LogP contribution in [0.2, 0.25) is 0 Å². The number of carbonyl (C=O) groups is 1. The predicted molar refractivity (Wildman–Crippen MR) is 72.8 cm³/mol. The molecular weight excluding hydrogens is 293 g/mol. The fourth-order valence-electron chi connectivity index (χ4n) is 3.10. The van der Waals surface area contributed by atoms with Crippen molar-refractivity contribution in [1.29, 1.82) is 0 Å². The molecule has 2 fully saturated rings. The Kier molecular flexibility index (Phi) is 6.13. The van der Waals surface area contributed by atoms with Crippen LogP contribution in [0.25, 0.3) is 0 Å². The molecule has 0 aromatic heterocycles. The minimum Gasteiger partial charge on any atom is -0.340 e. The molecule has 2 rings (SSSR count). The summed E-state index contributed by atoms with van der Waals surface area (Å²) in [6.45, 7) is 3.92. The van der Waals surface area contributed by atoms with Crippen LogP contribution in [0.5, 0.6) is 0 Å². The fraction of sp³-hybridized carbons (Fsp3) is 0.923. The van der Waals surface area contributed by atoms with Gasteiger partial charge in [-0.05, 0) is 26.2 Å². The molecule has 0 bridgehead atoms. The standard InChI is InChI=1S/C13H21F3N2O.ClH/c1-9-8-18(6-5-17-9)12(19)10-3-2-4-11(7-10)13(14,15)16;/h9-11,17H,2-8H2,1H3;1H/t9-,10?,11?;/m0./s1. The number of piperazine rings is 1. The first kappa shape index (κ1) is 17.6. The highest BCUT2D eigenvalue weighted by atomic mass is 35.5. The van der Waals surface area contributed by atoms with E-state index in [1.807, 2.05) is 6.92 Å². The Morgan fingerprint density at radius 3 is 2.60 bits per heavy atom. The van der Waals surface area contributed by atoms with Crippen LogP contribution < -0.4 is 5.32 Å². The first-order valence-corrected chi connectivity index (χ1v) is 6.97. The van der Waals surface area contributed by atoms with Crippen molar-refractivity contribution in [3.05, 3.63) is 0 Å². The maximum Gasteiger partial charge on any atom is 0.391 e. The molecule has 1 saturated carbocycles. The predicted octanol–water partition coefficient (Wildman–Crippen LogP) is 2.60. The third-order valence-corrected chi connectivity index (χ3v) is 4.17. The van der Waals surface area contributed by atoms with Crippen LogP contribution in [0.1, 0.15) is 32.6 Å². The molecule has 0 aromatic carbocycles. The molecule has 0 radical (unpaired) electrons. The van der Waals surface area contributed by atoms with Gasteiger partial charge in [0.1, 0.15) is 0 Å². The molecule has 0 spiro atoms. The molecule has 1 aliphatic carbocycles. The number of amides is 1. The van der Waals surface area contributed by atoms with Gasteiger partial charge in [-0.15, -0.1) is 12.4 Å². The van der Waals surface area contributed by atoms with Crippen molar-refractivity contribution in [1.82, 2.24) is 10.2 Å². The van der Waals surface area contributed by atoms with Crippen molar-refractivity contribution in [2.24, 2.45) is 11.8 Å². The molecule has 0 aromatic rings. The smallest absolute Gasteiger partial charge is 0.340 e. The van der Waals surface area contributed by atoms with Gasteiger partial charge in [0.2, 0.25) is 5.91 Å². The number of rotatable bonds is 1. The molecule has 20 heavy (non-hydrogen) atoms. The van der Waals surface area contributed by atoms with E-state index in [0.717, 1.165) is 6.54 Å². The molecule has 1 amide bonds. The van der Waals surface area contributed by atoms with Gasteiger partial charge in [0.25, 0.3) is 0 Å². The van der Waals surface area contributed by atoms with Crippen LogP contribution >= 0.6 is 12.4 Å². The van der Waals surface area contributed by atoms with Gasteiger partial charge in [0.15, 0.2) is 0 Å². The van der Waals surface area contributed by atoms with Crippen LogP contribution in [0.4, 0.5) is 13.2 Å². The highest BCUT2D eigenvalue weighted by Gasteiger charge is 2.44. The van der Waals surface area contributed by atoms with E-state index in [9.17, 15) is 18.0 Å². The topological polar surface area (TPSA) is 32.3 Å². The van der Waals surface area contributed by atoms with Crippen LogP contribution in [-0.4, -0.2) is 42.7 Å². The molecule has 1 N–H and O–H groups in total. The molecule has 3 atom stereocenters. The second-order valence-corrected chi connectivity index (χ2v) is 5.74. The lowest BCUT2D eigenvalue weighted by atomic mass is 9.80. The van der Waals surface area contributed by atoms with Crippen LogP contribution in [0.3, 0.4) is 0 Å². The van der Waals surface area contributed by atoms with Crippen molar-refractivity contribution >= 4 is 18.3 Å². The number of hydrogen-bond acceptors (Lipinski definition) is 2. The number of halogens is 4. The lowest BCUT2D eigenvalue weighted by Gasteiger charge is -2.37. The normalized spacial score (nSPS) is 31.6. The minimum absolute atomic E-state index is 0.